The van der Waals surface area contributed by atoms with Gasteiger partial charge in [-0.3, -0.25) is 14.5 Å². The van der Waals surface area contributed by atoms with Gasteiger partial charge in [-0.1, -0.05) is 12.1 Å². The fourth-order valence-corrected chi connectivity index (χ4v) is 4.21. The molecule has 0 radical (unpaired) electrons. The lowest BCUT2D eigenvalue weighted by Crippen LogP contribution is -2.47. The van der Waals surface area contributed by atoms with Crippen LogP contribution in [0.1, 0.15) is 34.0 Å². The van der Waals surface area contributed by atoms with Crippen LogP contribution < -0.4 is 4.74 Å². The Labute approximate surface area is 190 Å². The smallest absolute Gasteiger partial charge is 0.416 e. The Morgan fingerprint density at radius 1 is 0.970 bits per heavy atom. The van der Waals surface area contributed by atoms with Crippen LogP contribution in [0.15, 0.2) is 42.5 Å². The summed E-state index contributed by atoms with van der Waals surface area (Å²) in [5.74, 6) is 0.310. The van der Waals surface area contributed by atoms with Crippen LogP contribution >= 0.6 is 0 Å². The molecule has 0 aliphatic carbocycles. The van der Waals surface area contributed by atoms with E-state index in [0.29, 0.717) is 25.4 Å². The first-order chi connectivity index (χ1) is 15.7. The van der Waals surface area contributed by atoms with Crippen LogP contribution in [0, 0.1) is 0 Å². The summed E-state index contributed by atoms with van der Waals surface area (Å²) >= 11 is 0. The van der Waals surface area contributed by atoms with Crippen molar-refractivity contribution in [2.45, 2.75) is 26.2 Å². The number of carbonyl (C=O) groups excluding carboxylic acids is 2. The molecular weight excluding hydrogens is 435 g/mol. The van der Waals surface area contributed by atoms with Gasteiger partial charge in [0.1, 0.15) is 12.4 Å². The molecule has 0 unspecified atom stereocenters. The predicted molar refractivity (Wildman–Crippen MR) is 116 cm³/mol. The molecule has 0 aromatic heterocycles. The van der Waals surface area contributed by atoms with E-state index >= 15 is 0 Å². The number of alkyl halides is 3. The molecule has 9 heteroatoms. The third kappa shape index (κ3) is 5.47. The molecule has 0 N–H and O–H groups in total. The van der Waals surface area contributed by atoms with Crippen LogP contribution in [0.3, 0.4) is 0 Å². The monoisotopic (exact) mass is 461 g/mol. The van der Waals surface area contributed by atoms with E-state index in [1.807, 2.05) is 23.1 Å². The number of halogens is 3. The van der Waals surface area contributed by atoms with Gasteiger partial charge in [0, 0.05) is 57.3 Å². The Bertz CT molecular complexity index is 1030. The molecule has 2 aromatic carbocycles. The lowest BCUT2D eigenvalue weighted by molar-refractivity contribution is -0.137. The maximum Gasteiger partial charge on any atom is 0.416 e. The molecule has 1 saturated heterocycles. The number of benzene rings is 2. The number of rotatable bonds is 3. The van der Waals surface area contributed by atoms with E-state index in [4.69, 9.17) is 4.74 Å². The number of carbonyl (C=O) groups is 2. The number of amides is 2. The van der Waals surface area contributed by atoms with Gasteiger partial charge in [0.25, 0.3) is 5.91 Å². The van der Waals surface area contributed by atoms with Gasteiger partial charge in [0.2, 0.25) is 5.91 Å². The van der Waals surface area contributed by atoms with Gasteiger partial charge >= 0.3 is 6.18 Å². The van der Waals surface area contributed by atoms with Gasteiger partial charge in [-0.25, -0.2) is 0 Å². The zero-order valence-electron chi connectivity index (χ0n) is 18.4. The summed E-state index contributed by atoms with van der Waals surface area (Å²) in [7, 11) is 0. The fourth-order valence-electron chi connectivity index (χ4n) is 4.21. The summed E-state index contributed by atoms with van der Waals surface area (Å²) < 4.78 is 45.0. The van der Waals surface area contributed by atoms with Crippen molar-refractivity contribution in [3.63, 3.8) is 0 Å². The highest BCUT2D eigenvalue weighted by Crippen LogP contribution is 2.30. The van der Waals surface area contributed by atoms with Gasteiger partial charge in [-0.2, -0.15) is 13.2 Å². The van der Waals surface area contributed by atoms with Crippen LogP contribution in [-0.4, -0.2) is 65.8 Å². The lowest BCUT2D eigenvalue weighted by atomic mass is 10.1. The first kappa shape index (κ1) is 23.1. The molecule has 0 saturated carbocycles. The van der Waals surface area contributed by atoms with Gasteiger partial charge in [-0.05, 0) is 35.9 Å². The van der Waals surface area contributed by atoms with Crippen LogP contribution in [0.2, 0.25) is 0 Å². The van der Waals surface area contributed by atoms with Crippen LogP contribution in [-0.2, 0) is 24.1 Å². The van der Waals surface area contributed by atoms with E-state index in [1.165, 1.54) is 17.0 Å². The Balaban J connectivity index is 1.47. The summed E-state index contributed by atoms with van der Waals surface area (Å²) in [5.41, 5.74) is 1.05. The summed E-state index contributed by atoms with van der Waals surface area (Å²) in [6.45, 7) is 6.06. The van der Waals surface area contributed by atoms with E-state index in [0.717, 1.165) is 36.3 Å². The molecule has 6 nitrogen and oxygen atoms in total. The standard InChI is InChI=1S/C24H26F3N3O3/c1-17(31)29-9-7-28(8-10-29)15-18-5-6-22-20(13-18)16-30(11-12-33-22)23(32)19-3-2-4-21(14-19)24(25,26)27/h2-6,13-14H,7-12,15-16H2,1H3. The Morgan fingerprint density at radius 3 is 2.42 bits per heavy atom. The highest BCUT2D eigenvalue weighted by molar-refractivity contribution is 5.94. The third-order valence-corrected chi connectivity index (χ3v) is 6.05. The minimum absolute atomic E-state index is 0.00720. The second kappa shape index (κ2) is 9.43. The number of hydrogen-bond donors (Lipinski definition) is 0. The van der Waals surface area contributed by atoms with Crippen molar-refractivity contribution in [3.8, 4) is 5.75 Å². The summed E-state index contributed by atoms with van der Waals surface area (Å²) in [6.07, 6.45) is -4.50. The van der Waals surface area contributed by atoms with Crippen LogP contribution in [0.25, 0.3) is 0 Å². The molecule has 2 aliphatic rings. The Hall–Kier alpha value is -3.07. The van der Waals surface area contributed by atoms with Gasteiger partial charge < -0.3 is 14.5 Å². The van der Waals surface area contributed by atoms with E-state index in [9.17, 15) is 22.8 Å². The first-order valence-electron chi connectivity index (χ1n) is 10.9. The second-order valence-corrected chi connectivity index (χ2v) is 8.38. The molecule has 1 fully saturated rings. The van der Waals surface area contributed by atoms with Crippen molar-refractivity contribution in [2.75, 3.05) is 39.3 Å². The molecule has 2 aromatic rings. The Morgan fingerprint density at radius 2 is 1.73 bits per heavy atom. The van der Waals surface area contributed by atoms with E-state index in [-0.39, 0.29) is 31.2 Å². The zero-order valence-corrected chi connectivity index (χ0v) is 18.4. The number of piperazine rings is 1. The van der Waals surface area contributed by atoms with E-state index in [1.54, 1.807) is 6.92 Å². The molecule has 0 bridgehead atoms. The van der Waals surface area contributed by atoms with Crippen LogP contribution in [0.4, 0.5) is 13.2 Å². The minimum atomic E-state index is -4.50. The maximum atomic E-state index is 13.1. The van der Waals surface area contributed by atoms with Crippen molar-refractivity contribution in [3.05, 3.63) is 64.7 Å². The van der Waals surface area contributed by atoms with Crippen molar-refractivity contribution >= 4 is 11.8 Å². The molecule has 2 heterocycles. The average molecular weight is 461 g/mol. The van der Waals surface area contributed by atoms with Gasteiger partial charge in [0.15, 0.2) is 0 Å². The molecule has 2 aliphatic heterocycles. The van der Waals surface area contributed by atoms with Crippen molar-refractivity contribution in [2.24, 2.45) is 0 Å². The zero-order chi connectivity index (χ0) is 23.6. The predicted octanol–water partition coefficient (Wildman–Crippen LogP) is 3.40. The maximum absolute atomic E-state index is 13.1. The second-order valence-electron chi connectivity index (χ2n) is 8.38. The molecular formula is C24H26F3N3O3. The fraction of sp³-hybridized carbons (Fsp3) is 0.417. The number of ether oxygens (including phenoxy) is 1. The van der Waals surface area contributed by atoms with Crippen molar-refractivity contribution in [1.29, 1.82) is 0 Å². The van der Waals surface area contributed by atoms with E-state index in [2.05, 4.69) is 4.90 Å². The quantitative estimate of drug-likeness (QED) is 0.703. The first-order valence-corrected chi connectivity index (χ1v) is 10.9. The summed E-state index contributed by atoms with van der Waals surface area (Å²) in [6, 6.07) is 10.4. The van der Waals surface area contributed by atoms with E-state index < -0.39 is 17.6 Å². The topological polar surface area (TPSA) is 53.1 Å². The van der Waals surface area contributed by atoms with Crippen molar-refractivity contribution in [1.82, 2.24) is 14.7 Å². The minimum Gasteiger partial charge on any atom is -0.491 e. The van der Waals surface area contributed by atoms with Gasteiger partial charge in [0.05, 0.1) is 12.1 Å². The molecule has 0 spiro atoms. The third-order valence-electron chi connectivity index (χ3n) is 6.05. The lowest BCUT2D eigenvalue weighted by Gasteiger charge is -2.34. The highest BCUT2D eigenvalue weighted by Gasteiger charge is 2.31. The average Bonchev–Trinajstić information content (AvgIpc) is 3.00. The molecule has 0 atom stereocenters. The normalized spacial score (nSPS) is 17.2. The van der Waals surface area contributed by atoms with Crippen LogP contribution in [0.5, 0.6) is 5.75 Å². The van der Waals surface area contributed by atoms with Gasteiger partial charge in [-0.15, -0.1) is 0 Å². The highest BCUT2D eigenvalue weighted by atomic mass is 19.4. The number of hydrogen-bond acceptors (Lipinski definition) is 4. The van der Waals surface area contributed by atoms with Crippen molar-refractivity contribution < 1.29 is 27.5 Å². The summed E-state index contributed by atoms with van der Waals surface area (Å²) in [5, 5.41) is 0. The molecule has 176 valence electrons. The SMILES string of the molecule is CC(=O)N1CCN(Cc2ccc3c(c2)CN(C(=O)c2cccc(C(F)(F)F)c2)CCO3)CC1. The summed E-state index contributed by atoms with van der Waals surface area (Å²) in [4.78, 5) is 30.1. The molecule has 4 rings (SSSR count). The largest absolute Gasteiger partial charge is 0.491 e. The molecule has 33 heavy (non-hydrogen) atoms. The Kier molecular flexibility index (Phi) is 6.60. The number of nitrogens with zero attached hydrogens (tertiary/aromatic N) is 3. The number of fused-ring (bicyclic) bond motifs is 1. The molecule has 2 amide bonds.